The van der Waals surface area contributed by atoms with Gasteiger partial charge < -0.3 is 20.1 Å². The number of hydrogen-bond donors (Lipinski definition) is 2. The maximum atomic E-state index is 13.3. The zero-order valence-electron chi connectivity index (χ0n) is 20.3. The smallest absolute Gasteiger partial charge is 0.251 e. The molecule has 3 heterocycles. The van der Waals surface area contributed by atoms with Crippen LogP contribution in [0.15, 0.2) is 30.5 Å². The van der Waals surface area contributed by atoms with E-state index in [1.54, 1.807) is 13.3 Å². The Morgan fingerprint density at radius 1 is 1.32 bits per heavy atom. The maximum Gasteiger partial charge on any atom is 0.251 e. The van der Waals surface area contributed by atoms with Crippen LogP contribution in [-0.2, 0) is 4.79 Å². The van der Waals surface area contributed by atoms with Gasteiger partial charge in [0, 0.05) is 53.0 Å². The largest absolute Gasteiger partial charge is 0.486 e. The molecule has 2 aromatic rings. The zero-order chi connectivity index (χ0) is 24.0. The number of amides is 2. The van der Waals surface area contributed by atoms with Crippen LogP contribution in [0.5, 0.6) is 11.6 Å². The number of rotatable bonds is 5. The van der Waals surface area contributed by atoms with Gasteiger partial charge in [-0.2, -0.15) is 0 Å². The van der Waals surface area contributed by atoms with E-state index < -0.39 is 0 Å². The molecule has 1 saturated carbocycles. The first-order valence-corrected chi connectivity index (χ1v) is 12.2. The highest BCUT2D eigenvalue weighted by Gasteiger charge is 2.49. The van der Waals surface area contributed by atoms with Crippen molar-refractivity contribution in [1.82, 2.24) is 15.6 Å². The Kier molecular flexibility index (Phi) is 5.74. The van der Waals surface area contributed by atoms with Crippen LogP contribution in [0.1, 0.15) is 68.3 Å². The van der Waals surface area contributed by atoms with E-state index in [0.29, 0.717) is 18.0 Å². The second-order valence-corrected chi connectivity index (χ2v) is 10.3. The molecule has 0 bridgehead atoms. The van der Waals surface area contributed by atoms with Crippen molar-refractivity contribution in [3.63, 3.8) is 0 Å². The van der Waals surface area contributed by atoms with Gasteiger partial charge in [0.15, 0.2) is 0 Å². The van der Waals surface area contributed by atoms with Gasteiger partial charge in [0.1, 0.15) is 11.4 Å². The van der Waals surface area contributed by atoms with Gasteiger partial charge in [0.2, 0.25) is 11.8 Å². The third-order valence-corrected chi connectivity index (χ3v) is 7.87. The number of benzene rings is 1. The van der Waals surface area contributed by atoms with Gasteiger partial charge in [-0.05, 0) is 63.6 Å². The van der Waals surface area contributed by atoms with E-state index in [-0.39, 0.29) is 41.2 Å². The lowest BCUT2D eigenvalue weighted by Crippen LogP contribution is -2.50. The van der Waals surface area contributed by atoms with E-state index in [0.717, 1.165) is 48.1 Å². The molecule has 2 N–H and O–H groups in total. The summed E-state index contributed by atoms with van der Waals surface area (Å²) in [4.78, 5) is 30.1. The molecule has 1 aliphatic carbocycles. The Balaban J connectivity index is 1.46. The Bertz CT molecular complexity index is 1120. The number of carbonyl (C=O) groups excluding carboxylic acids is 2. The minimum Gasteiger partial charge on any atom is -0.486 e. The molecule has 2 amide bonds. The molecule has 5 atom stereocenters. The highest BCUT2D eigenvalue weighted by molar-refractivity contribution is 5.97. The summed E-state index contributed by atoms with van der Waals surface area (Å²) in [7, 11) is 1.59. The van der Waals surface area contributed by atoms with Crippen LogP contribution in [0, 0.1) is 11.8 Å². The number of pyridine rings is 1. The topological polar surface area (TPSA) is 89.5 Å². The molecule has 1 aromatic carbocycles. The molecule has 1 saturated heterocycles. The molecule has 0 spiro atoms. The van der Waals surface area contributed by atoms with Gasteiger partial charge in [-0.15, -0.1) is 0 Å². The van der Waals surface area contributed by atoms with Gasteiger partial charge in [-0.1, -0.05) is 6.92 Å². The van der Waals surface area contributed by atoms with E-state index in [1.807, 2.05) is 31.2 Å². The summed E-state index contributed by atoms with van der Waals surface area (Å²) in [5.74, 6) is 1.50. The second-order valence-electron chi connectivity index (χ2n) is 10.3. The summed E-state index contributed by atoms with van der Waals surface area (Å²) < 4.78 is 11.8. The van der Waals surface area contributed by atoms with Gasteiger partial charge >= 0.3 is 0 Å². The van der Waals surface area contributed by atoms with Crippen molar-refractivity contribution >= 4 is 11.8 Å². The molecule has 7 nitrogen and oxygen atoms in total. The van der Waals surface area contributed by atoms with Gasteiger partial charge in [-0.25, -0.2) is 4.98 Å². The van der Waals surface area contributed by atoms with Crippen molar-refractivity contribution in [2.24, 2.45) is 11.8 Å². The van der Waals surface area contributed by atoms with Crippen LogP contribution in [0.2, 0.25) is 0 Å². The van der Waals surface area contributed by atoms with Crippen LogP contribution in [0.25, 0.3) is 11.1 Å². The van der Waals surface area contributed by atoms with Crippen molar-refractivity contribution in [1.29, 1.82) is 0 Å². The summed E-state index contributed by atoms with van der Waals surface area (Å²) in [6.45, 7) is 6.59. The first-order chi connectivity index (χ1) is 16.3. The van der Waals surface area contributed by atoms with Crippen LogP contribution in [-0.4, -0.2) is 42.1 Å². The van der Waals surface area contributed by atoms with Crippen LogP contribution in [0.3, 0.4) is 0 Å². The normalized spacial score (nSPS) is 29.6. The summed E-state index contributed by atoms with van der Waals surface area (Å²) in [5.41, 5.74) is 3.19. The van der Waals surface area contributed by atoms with Crippen molar-refractivity contribution in [2.45, 2.75) is 64.0 Å². The van der Waals surface area contributed by atoms with E-state index in [1.165, 1.54) is 0 Å². The Labute approximate surface area is 200 Å². The van der Waals surface area contributed by atoms with Crippen molar-refractivity contribution in [2.75, 3.05) is 13.7 Å². The average Bonchev–Trinajstić information content (AvgIpc) is 3.31. The maximum absolute atomic E-state index is 13.3. The minimum atomic E-state index is -0.238. The third kappa shape index (κ3) is 3.91. The SMILES string of the molecule is COc1ccc(-c2cc(C(=O)NCC3C(=O)NC(C)CC3C)cc3c2O[C@@]2(C)CCC[C@@H]32)cn1. The number of ether oxygens (including phenoxy) is 2. The molecule has 0 radical (unpaired) electrons. The van der Waals surface area contributed by atoms with Crippen LogP contribution < -0.4 is 20.1 Å². The lowest BCUT2D eigenvalue weighted by Gasteiger charge is -2.32. The molecule has 2 aliphatic heterocycles. The van der Waals surface area contributed by atoms with Crippen LogP contribution in [0.4, 0.5) is 0 Å². The molecule has 34 heavy (non-hydrogen) atoms. The molecule has 1 aromatic heterocycles. The molecular formula is C27H33N3O4. The Morgan fingerprint density at radius 2 is 2.15 bits per heavy atom. The molecule has 5 rings (SSSR count). The number of methoxy groups -OCH3 is 1. The van der Waals surface area contributed by atoms with Gasteiger partial charge in [0.05, 0.1) is 13.0 Å². The predicted molar refractivity (Wildman–Crippen MR) is 129 cm³/mol. The van der Waals surface area contributed by atoms with Gasteiger partial charge in [0.25, 0.3) is 5.91 Å². The number of hydrogen-bond acceptors (Lipinski definition) is 5. The lowest BCUT2D eigenvalue weighted by molar-refractivity contribution is -0.129. The monoisotopic (exact) mass is 463 g/mol. The molecule has 3 aliphatic rings. The highest BCUT2D eigenvalue weighted by atomic mass is 16.5. The summed E-state index contributed by atoms with van der Waals surface area (Å²) in [5, 5.41) is 6.03. The summed E-state index contributed by atoms with van der Waals surface area (Å²) in [6.07, 6.45) is 5.83. The molecule has 3 unspecified atom stereocenters. The van der Waals surface area contributed by atoms with Crippen molar-refractivity contribution in [3.05, 3.63) is 41.6 Å². The summed E-state index contributed by atoms with van der Waals surface area (Å²) in [6, 6.07) is 7.80. The quantitative estimate of drug-likeness (QED) is 0.698. The molecule has 180 valence electrons. The van der Waals surface area contributed by atoms with Gasteiger partial charge in [-0.3, -0.25) is 9.59 Å². The highest BCUT2D eigenvalue weighted by Crippen LogP contribution is 2.56. The number of piperidine rings is 1. The van der Waals surface area contributed by atoms with Crippen molar-refractivity contribution in [3.8, 4) is 22.8 Å². The first-order valence-electron chi connectivity index (χ1n) is 12.2. The fraction of sp³-hybridized carbons (Fsp3) is 0.519. The third-order valence-electron chi connectivity index (χ3n) is 7.87. The van der Waals surface area contributed by atoms with E-state index in [9.17, 15) is 9.59 Å². The van der Waals surface area contributed by atoms with E-state index in [2.05, 4.69) is 29.5 Å². The number of fused-ring (bicyclic) bond motifs is 3. The van der Waals surface area contributed by atoms with E-state index >= 15 is 0 Å². The zero-order valence-corrected chi connectivity index (χ0v) is 20.3. The number of carbonyl (C=O) groups is 2. The Hall–Kier alpha value is -3.09. The molecule has 2 fully saturated rings. The average molecular weight is 464 g/mol. The standard InChI is InChI=1S/C27H33N3O4/c1-15-10-16(2)30-26(32)21(15)14-29-25(31)18-11-19(17-7-8-23(33-4)28-13-17)24-20(12-18)22-6-5-9-27(22,3)34-24/h7-8,11-13,15-16,21-22H,5-6,9-10,14H2,1-4H3,(H,29,31)(H,30,32)/t15?,16?,21?,22-,27-/m0/s1. The first kappa shape index (κ1) is 22.7. The van der Waals surface area contributed by atoms with Crippen LogP contribution >= 0.6 is 0 Å². The fourth-order valence-corrected chi connectivity index (χ4v) is 5.99. The second kappa shape index (κ2) is 8.60. The number of nitrogens with zero attached hydrogens (tertiary/aromatic N) is 1. The lowest BCUT2D eigenvalue weighted by atomic mass is 9.84. The summed E-state index contributed by atoms with van der Waals surface area (Å²) >= 11 is 0. The number of nitrogens with one attached hydrogen (secondary N) is 2. The minimum absolute atomic E-state index is 0.0145. The molecule has 7 heteroatoms. The van der Waals surface area contributed by atoms with Crippen molar-refractivity contribution < 1.29 is 19.1 Å². The predicted octanol–water partition coefficient (Wildman–Crippen LogP) is 4.07. The molecular weight excluding hydrogens is 430 g/mol. The number of aromatic nitrogens is 1. The van der Waals surface area contributed by atoms with E-state index in [4.69, 9.17) is 9.47 Å². The Morgan fingerprint density at radius 3 is 2.85 bits per heavy atom. The fourth-order valence-electron chi connectivity index (χ4n) is 5.99.